The Morgan fingerprint density at radius 2 is 2.23 bits per heavy atom. The molecule has 0 spiro atoms. The number of amides is 2. The minimum atomic E-state index is -1.27. The molecule has 3 rings (SSSR count). The van der Waals surface area contributed by atoms with Crippen molar-refractivity contribution in [2.24, 2.45) is 5.16 Å². The van der Waals surface area contributed by atoms with Gasteiger partial charge in [0.1, 0.15) is 30.0 Å². The molecular formula is C17H18N6O6S2. The van der Waals surface area contributed by atoms with Crippen molar-refractivity contribution >= 4 is 58.0 Å². The second-order valence-electron chi connectivity index (χ2n) is 6.33. The van der Waals surface area contributed by atoms with Gasteiger partial charge >= 0.3 is 5.97 Å². The summed E-state index contributed by atoms with van der Waals surface area (Å²) < 4.78 is 0. The maximum Gasteiger partial charge on any atom is 0.352 e. The number of anilines is 1. The number of rotatable bonds is 7. The van der Waals surface area contributed by atoms with E-state index >= 15 is 0 Å². The van der Waals surface area contributed by atoms with Crippen LogP contribution in [0.5, 0.6) is 0 Å². The Morgan fingerprint density at radius 3 is 2.84 bits per heavy atom. The van der Waals surface area contributed by atoms with E-state index in [-0.39, 0.29) is 33.9 Å². The number of nitrogens with one attached hydrogen (secondary N) is 1. The number of fused-ring (bicyclic) bond motifs is 1. The Balaban J connectivity index is 1.79. The number of carbonyl (C=O) groups is 4. The van der Waals surface area contributed by atoms with Gasteiger partial charge in [0.2, 0.25) is 5.71 Å². The van der Waals surface area contributed by atoms with Crippen LogP contribution in [-0.4, -0.2) is 78.6 Å². The molecule has 0 bridgehead atoms. The molecule has 3 heterocycles. The van der Waals surface area contributed by atoms with E-state index in [2.05, 4.69) is 25.3 Å². The lowest BCUT2D eigenvalue weighted by Crippen LogP contribution is -2.71. The highest BCUT2D eigenvalue weighted by atomic mass is 32.2. The summed E-state index contributed by atoms with van der Waals surface area (Å²) in [5.41, 5.74) is 5.65. The highest BCUT2D eigenvalue weighted by Crippen LogP contribution is 2.41. The first-order valence-corrected chi connectivity index (χ1v) is 10.8. The van der Waals surface area contributed by atoms with Crippen LogP contribution >= 0.6 is 23.5 Å². The van der Waals surface area contributed by atoms with Crippen molar-refractivity contribution in [3.05, 3.63) is 29.4 Å². The van der Waals surface area contributed by atoms with E-state index in [9.17, 15) is 24.3 Å². The molecule has 2 aliphatic rings. The first-order valence-electron chi connectivity index (χ1n) is 8.78. The van der Waals surface area contributed by atoms with Crippen LogP contribution in [0.2, 0.25) is 0 Å². The number of nitrogens with zero attached hydrogens (tertiary/aromatic N) is 4. The summed E-state index contributed by atoms with van der Waals surface area (Å²) in [5, 5.41) is 15.0. The summed E-state index contributed by atoms with van der Waals surface area (Å²) in [7, 11) is 1.23. The molecule has 1 aromatic rings. The number of hydrogen-bond donors (Lipinski definition) is 3. The summed E-state index contributed by atoms with van der Waals surface area (Å²) in [4.78, 5) is 62.1. The predicted octanol–water partition coefficient (Wildman–Crippen LogP) is -0.572. The summed E-state index contributed by atoms with van der Waals surface area (Å²) in [5.74, 6) is -2.12. The van der Waals surface area contributed by atoms with Crippen molar-refractivity contribution < 1.29 is 29.1 Å². The Labute approximate surface area is 184 Å². The molecule has 4 N–H and O–H groups in total. The van der Waals surface area contributed by atoms with Crippen LogP contribution in [-0.2, 0) is 24.0 Å². The zero-order chi connectivity index (χ0) is 22.7. The maximum atomic E-state index is 12.7. The van der Waals surface area contributed by atoms with Gasteiger partial charge < -0.3 is 21.0 Å². The van der Waals surface area contributed by atoms with Gasteiger partial charge in [-0.3, -0.25) is 19.3 Å². The monoisotopic (exact) mass is 466 g/mol. The van der Waals surface area contributed by atoms with Crippen molar-refractivity contribution in [1.29, 1.82) is 0 Å². The van der Waals surface area contributed by atoms with Gasteiger partial charge in [0, 0.05) is 24.6 Å². The third-order valence-corrected chi connectivity index (χ3v) is 6.51. The number of thioether (sulfide) groups is 2. The zero-order valence-electron chi connectivity index (χ0n) is 16.4. The molecule has 2 aliphatic heterocycles. The van der Waals surface area contributed by atoms with Crippen molar-refractivity contribution in [2.75, 3.05) is 24.3 Å². The van der Waals surface area contributed by atoms with E-state index in [4.69, 9.17) is 5.73 Å². The summed E-state index contributed by atoms with van der Waals surface area (Å²) in [6, 6.07) is 0.455. The first-order chi connectivity index (χ1) is 14.7. The molecule has 164 valence electrons. The quantitative estimate of drug-likeness (QED) is 0.266. The smallest absolute Gasteiger partial charge is 0.352 e. The standard InChI is InChI=1S/C17H18N6O6S2/c1-7(24)30-5-8-6-31-16-11(15(26)23(16)12(8)17(27)28)21-14(25)10(22-29-2)13-19-4-3-9(18)20-13/h3-4,11,16H,5-6H2,1-2H3,(H,21,25)(H,27,28)(H2,18,19,20)/t11?,16-/m1/s1. The van der Waals surface area contributed by atoms with Crippen LogP contribution in [0.25, 0.3) is 0 Å². The molecule has 12 nitrogen and oxygen atoms in total. The summed E-state index contributed by atoms with van der Waals surface area (Å²) in [6.07, 6.45) is 1.34. The summed E-state index contributed by atoms with van der Waals surface area (Å²) in [6.45, 7) is 1.38. The Morgan fingerprint density at radius 1 is 1.48 bits per heavy atom. The van der Waals surface area contributed by atoms with Gasteiger partial charge in [-0.05, 0) is 11.6 Å². The molecule has 1 saturated heterocycles. The molecule has 1 fully saturated rings. The van der Waals surface area contributed by atoms with E-state index in [1.54, 1.807) is 0 Å². The van der Waals surface area contributed by atoms with E-state index < -0.39 is 29.2 Å². The number of β-lactam (4-membered cyclic amide) rings is 1. The van der Waals surface area contributed by atoms with Crippen molar-refractivity contribution in [2.45, 2.75) is 18.3 Å². The number of nitrogens with two attached hydrogens (primary N) is 1. The minimum Gasteiger partial charge on any atom is -0.477 e. The Kier molecular flexibility index (Phi) is 6.80. The van der Waals surface area contributed by atoms with Crippen LogP contribution in [0.1, 0.15) is 12.7 Å². The van der Waals surface area contributed by atoms with Gasteiger partial charge in [0.05, 0.1) is 0 Å². The van der Waals surface area contributed by atoms with Crippen LogP contribution < -0.4 is 11.1 Å². The van der Waals surface area contributed by atoms with Crippen LogP contribution in [0.4, 0.5) is 5.82 Å². The average molecular weight is 467 g/mol. The van der Waals surface area contributed by atoms with Gasteiger partial charge in [-0.25, -0.2) is 14.8 Å². The van der Waals surface area contributed by atoms with Crippen LogP contribution in [0, 0.1) is 0 Å². The molecule has 1 aromatic heterocycles. The summed E-state index contributed by atoms with van der Waals surface area (Å²) >= 11 is 2.27. The van der Waals surface area contributed by atoms with E-state index in [1.165, 1.54) is 38.1 Å². The normalized spacial score (nSPS) is 20.6. The predicted molar refractivity (Wildman–Crippen MR) is 113 cm³/mol. The second kappa shape index (κ2) is 9.34. The van der Waals surface area contributed by atoms with Gasteiger partial charge in [-0.1, -0.05) is 16.9 Å². The fourth-order valence-corrected chi connectivity index (χ4v) is 5.05. The number of oxime groups is 1. The van der Waals surface area contributed by atoms with E-state index in [1.807, 2.05) is 0 Å². The molecule has 2 atom stereocenters. The molecular weight excluding hydrogens is 448 g/mol. The highest BCUT2D eigenvalue weighted by molar-refractivity contribution is 8.13. The lowest BCUT2D eigenvalue weighted by Gasteiger charge is -2.49. The third kappa shape index (κ3) is 4.64. The lowest BCUT2D eigenvalue weighted by atomic mass is 10.0. The molecule has 0 radical (unpaired) electrons. The van der Waals surface area contributed by atoms with Crippen molar-refractivity contribution in [3.8, 4) is 0 Å². The highest BCUT2D eigenvalue weighted by Gasteiger charge is 2.54. The largest absolute Gasteiger partial charge is 0.477 e. The number of aromatic nitrogens is 2. The average Bonchev–Trinajstić information content (AvgIpc) is 2.73. The number of aliphatic carboxylic acids is 1. The first kappa shape index (κ1) is 22.6. The minimum absolute atomic E-state index is 0.0889. The SMILES string of the molecule is CON=C(C(=O)NC1C(=O)N2C(C(=O)O)=C(CSC(C)=O)CS[C@H]12)c1nccc(N)n1. The fraction of sp³-hybridized carbons (Fsp3) is 0.353. The maximum absolute atomic E-state index is 12.7. The van der Waals surface area contributed by atoms with E-state index in [0.29, 0.717) is 11.3 Å². The zero-order valence-corrected chi connectivity index (χ0v) is 18.0. The fourth-order valence-electron chi connectivity index (χ4n) is 2.95. The van der Waals surface area contributed by atoms with Crippen LogP contribution in [0.3, 0.4) is 0 Å². The second-order valence-corrected chi connectivity index (χ2v) is 8.58. The molecule has 0 saturated carbocycles. The molecule has 0 aliphatic carbocycles. The number of hydrogen-bond acceptors (Lipinski definition) is 11. The van der Waals surface area contributed by atoms with E-state index in [0.717, 1.165) is 16.7 Å². The molecule has 0 aromatic carbocycles. The Bertz CT molecular complexity index is 1010. The number of carboxylic acids is 1. The Hall–Kier alpha value is -3.13. The van der Waals surface area contributed by atoms with Gasteiger partial charge in [0.15, 0.2) is 10.9 Å². The molecule has 2 amide bonds. The van der Waals surface area contributed by atoms with Crippen molar-refractivity contribution in [1.82, 2.24) is 20.2 Å². The number of nitrogen functional groups attached to an aromatic ring is 1. The van der Waals surface area contributed by atoms with Gasteiger partial charge in [0.25, 0.3) is 11.8 Å². The lowest BCUT2D eigenvalue weighted by molar-refractivity contribution is -0.150. The molecule has 1 unspecified atom stereocenters. The van der Waals surface area contributed by atoms with Gasteiger partial charge in [-0.2, -0.15) is 0 Å². The number of carbonyl (C=O) groups excluding carboxylic acids is 3. The third-order valence-electron chi connectivity index (χ3n) is 4.27. The topological polar surface area (TPSA) is 177 Å². The molecule has 14 heteroatoms. The van der Waals surface area contributed by atoms with Crippen LogP contribution in [0.15, 0.2) is 28.7 Å². The van der Waals surface area contributed by atoms with Crippen molar-refractivity contribution in [3.63, 3.8) is 0 Å². The van der Waals surface area contributed by atoms with Gasteiger partial charge in [-0.15, -0.1) is 11.8 Å². The molecule has 31 heavy (non-hydrogen) atoms. The number of carboxylic acid groups (broad SMARTS) is 1.